The second-order valence-electron chi connectivity index (χ2n) is 3.97. The Balaban J connectivity index is 2.96. The Morgan fingerprint density at radius 2 is 2.00 bits per heavy atom. The molecule has 0 saturated carbocycles. The lowest BCUT2D eigenvalue weighted by atomic mass is 10.2. The summed E-state index contributed by atoms with van der Waals surface area (Å²) in [5.74, 6) is 0.0150. The van der Waals surface area contributed by atoms with Crippen LogP contribution in [0.1, 0.15) is 35.6 Å². The van der Waals surface area contributed by atoms with Gasteiger partial charge in [-0.1, -0.05) is 0 Å². The first-order valence-corrected chi connectivity index (χ1v) is 4.87. The van der Waals surface area contributed by atoms with Crippen LogP contribution in [0.25, 0.3) is 0 Å². The highest BCUT2D eigenvalue weighted by atomic mass is 16.1. The van der Waals surface area contributed by atoms with Gasteiger partial charge in [-0.2, -0.15) is 0 Å². The Morgan fingerprint density at radius 1 is 1.43 bits per heavy atom. The molecule has 1 rings (SSSR count). The fourth-order valence-electron chi connectivity index (χ4n) is 1.43. The van der Waals surface area contributed by atoms with E-state index in [-0.39, 0.29) is 11.9 Å². The summed E-state index contributed by atoms with van der Waals surface area (Å²) >= 11 is 0. The van der Waals surface area contributed by atoms with Crippen molar-refractivity contribution in [3.05, 3.63) is 23.0 Å². The zero-order valence-electron chi connectivity index (χ0n) is 9.51. The molecule has 3 heteroatoms. The molecule has 0 saturated heterocycles. The Bertz CT molecular complexity index is 350. The first kappa shape index (κ1) is 10.8. The highest BCUT2D eigenvalue weighted by Crippen LogP contribution is 2.12. The summed E-state index contributed by atoms with van der Waals surface area (Å²) in [6.07, 6.45) is 0. The van der Waals surface area contributed by atoms with Gasteiger partial charge in [0.25, 0.3) is 5.91 Å². The van der Waals surface area contributed by atoms with Gasteiger partial charge in [-0.3, -0.25) is 4.79 Å². The number of nitrogens with zero attached hydrogens (tertiary/aromatic N) is 1. The van der Waals surface area contributed by atoms with Gasteiger partial charge >= 0.3 is 0 Å². The number of carbonyl (C=O) groups excluding carboxylic acids is 1. The summed E-state index contributed by atoms with van der Waals surface area (Å²) in [6.45, 7) is 7.88. The van der Waals surface area contributed by atoms with E-state index in [2.05, 4.69) is 5.32 Å². The third-order valence-corrected chi connectivity index (χ3v) is 2.44. The van der Waals surface area contributed by atoms with Crippen molar-refractivity contribution in [2.45, 2.75) is 33.7 Å². The van der Waals surface area contributed by atoms with Crippen LogP contribution >= 0.6 is 0 Å². The first-order valence-electron chi connectivity index (χ1n) is 4.87. The predicted octanol–water partition coefficient (Wildman–Crippen LogP) is 1.78. The second-order valence-corrected chi connectivity index (χ2v) is 3.97. The highest BCUT2D eigenvalue weighted by Gasteiger charge is 2.13. The molecule has 1 amide bonds. The quantitative estimate of drug-likeness (QED) is 0.765. The van der Waals surface area contributed by atoms with E-state index >= 15 is 0 Å². The maximum atomic E-state index is 11.7. The molecule has 1 aromatic heterocycles. The Kier molecular flexibility index (Phi) is 2.99. The second kappa shape index (κ2) is 3.86. The van der Waals surface area contributed by atoms with Gasteiger partial charge < -0.3 is 9.88 Å². The largest absolute Gasteiger partial charge is 0.351 e. The Hall–Kier alpha value is -1.25. The molecule has 78 valence electrons. The maximum Gasteiger partial charge on any atom is 0.253 e. The summed E-state index contributed by atoms with van der Waals surface area (Å²) < 4.78 is 2.02. The van der Waals surface area contributed by atoms with Crippen LogP contribution in [0.3, 0.4) is 0 Å². The van der Waals surface area contributed by atoms with E-state index in [9.17, 15) is 4.79 Å². The van der Waals surface area contributed by atoms with Crippen LogP contribution in [-0.4, -0.2) is 16.5 Å². The summed E-state index contributed by atoms with van der Waals surface area (Å²) in [5.41, 5.74) is 2.90. The van der Waals surface area contributed by atoms with Crippen molar-refractivity contribution >= 4 is 5.91 Å². The van der Waals surface area contributed by atoms with Gasteiger partial charge in [0.2, 0.25) is 0 Å². The lowest BCUT2D eigenvalue weighted by Gasteiger charge is -2.07. The number of hydrogen-bond acceptors (Lipinski definition) is 1. The normalized spacial score (nSPS) is 10.7. The fourth-order valence-corrected chi connectivity index (χ4v) is 1.43. The molecule has 0 bridgehead atoms. The SMILES string of the molecule is Cc1cc(C(=O)NC(C)C)c(C)n1C. The number of carbonyl (C=O) groups is 1. The molecule has 1 aromatic rings. The monoisotopic (exact) mass is 194 g/mol. The lowest BCUT2D eigenvalue weighted by Crippen LogP contribution is -2.30. The molecule has 1 N–H and O–H groups in total. The number of rotatable bonds is 2. The zero-order valence-corrected chi connectivity index (χ0v) is 9.51. The van der Waals surface area contributed by atoms with Crippen molar-refractivity contribution < 1.29 is 4.79 Å². The number of aryl methyl sites for hydroxylation is 1. The molecule has 0 aliphatic carbocycles. The van der Waals surface area contributed by atoms with Crippen LogP contribution in [-0.2, 0) is 7.05 Å². The molecule has 0 aliphatic rings. The maximum absolute atomic E-state index is 11.7. The number of nitrogens with one attached hydrogen (secondary N) is 1. The molecule has 0 aromatic carbocycles. The molecule has 3 nitrogen and oxygen atoms in total. The van der Waals surface area contributed by atoms with E-state index in [0.717, 1.165) is 17.0 Å². The lowest BCUT2D eigenvalue weighted by molar-refractivity contribution is 0.0942. The third kappa shape index (κ3) is 1.97. The van der Waals surface area contributed by atoms with Crippen molar-refractivity contribution in [2.24, 2.45) is 7.05 Å². The smallest absolute Gasteiger partial charge is 0.253 e. The van der Waals surface area contributed by atoms with Gasteiger partial charge in [-0.15, -0.1) is 0 Å². The standard InChI is InChI=1S/C11H18N2O/c1-7(2)12-11(14)10-6-8(3)13(5)9(10)4/h6-7H,1-5H3,(H,12,14). The van der Waals surface area contributed by atoms with E-state index in [4.69, 9.17) is 0 Å². The Morgan fingerprint density at radius 3 is 2.36 bits per heavy atom. The number of hydrogen-bond donors (Lipinski definition) is 1. The van der Waals surface area contributed by atoms with Crippen LogP contribution in [0.5, 0.6) is 0 Å². The van der Waals surface area contributed by atoms with Gasteiger partial charge in [0, 0.05) is 24.5 Å². The minimum Gasteiger partial charge on any atom is -0.351 e. The highest BCUT2D eigenvalue weighted by molar-refractivity contribution is 5.95. The first-order chi connectivity index (χ1) is 6.43. The van der Waals surface area contributed by atoms with Crippen LogP contribution < -0.4 is 5.32 Å². The molecule has 0 fully saturated rings. The van der Waals surface area contributed by atoms with Crippen molar-refractivity contribution in [3.8, 4) is 0 Å². The van der Waals surface area contributed by atoms with E-state index in [1.54, 1.807) is 0 Å². The van der Waals surface area contributed by atoms with Crippen LogP contribution in [0, 0.1) is 13.8 Å². The molecule has 0 aliphatic heterocycles. The summed E-state index contributed by atoms with van der Waals surface area (Å²) in [6, 6.07) is 2.11. The average Bonchev–Trinajstić information content (AvgIpc) is 2.32. The van der Waals surface area contributed by atoms with E-state index in [0.29, 0.717) is 0 Å². The van der Waals surface area contributed by atoms with Crippen molar-refractivity contribution in [2.75, 3.05) is 0 Å². The Labute approximate surface area is 85.1 Å². The fraction of sp³-hybridized carbons (Fsp3) is 0.545. The molecule has 0 atom stereocenters. The van der Waals surface area contributed by atoms with Crippen LogP contribution in [0.15, 0.2) is 6.07 Å². The van der Waals surface area contributed by atoms with Crippen LogP contribution in [0.2, 0.25) is 0 Å². The zero-order chi connectivity index (χ0) is 10.9. The minimum atomic E-state index is 0.0150. The molecule has 1 heterocycles. The molecule has 0 unspecified atom stereocenters. The topological polar surface area (TPSA) is 34.0 Å². The van der Waals surface area contributed by atoms with Gasteiger partial charge in [0.05, 0.1) is 5.56 Å². The molecular formula is C11H18N2O. The van der Waals surface area contributed by atoms with Crippen LogP contribution in [0.4, 0.5) is 0 Å². The summed E-state index contributed by atoms with van der Waals surface area (Å²) in [5, 5.41) is 2.89. The molecule has 0 radical (unpaired) electrons. The number of aromatic nitrogens is 1. The predicted molar refractivity (Wildman–Crippen MR) is 57.5 cm³/mol. The summed E-state index contributed by atoms with van der Waals surface area (Å²) in [7, 11) is 1.97. The molecule has 0 spiro atoms. The van der Waals surface area contributed by atoms with Gasteiger partial charge in [-0.25, -0.2) is 0 Å². The van der Waals surface area contributed by atoms with Gasteiger partial charge in [0.15, 0.2) is 0 Å². The van der Waals surface area contributed by atoms with E-state index < -0.39 is 0 Å². The average molecular weight is 194 g/mol. The number of amides is 1. The van der Waals surface area contributed by atoms with Gasteiger partial charge in [-0.05, 0) is 33.8 Å². The molecule has 14 heavy (non-hydrogen) atoms. The van der Waals surface area contributed by atoms with Crippen molar-refractivity contribution in [1.29, 1.82) is 0 Å². The van der Waals surface area contributed by atoms with E-state index in [1.807, 2.05) is 45.4 Å². The van der Waals surface area contributed by atoms with Crippen molar-refractivity contribution in [3.63, 3.8) is 0 Å². The van der Waals surface area contributed by atoms with Crippen molar-refractivity contribution in [1.82, 2.24) is 9.88 Å². The van der Waals surface area contributed by atoms with Gasteiger partial charge in [0.1, 0.15) is 0 Å². The minimum absolute atomic E-state index is 0.0150. The summed E-state index contributed by atoms with van der Waals surface area (Å²) in [4.78, 5) is 11.7. The van der Waals surface area contributed by atoms with E-state index in [1.165, 1.54) is 0 Å². The molecular weight excluding hydrogens is 176 g/mol. The third-order valence-electron chi connectivity index (χ3n) is 2.44.